The second-order valence-corrected chi connectivity index (χ2v) is 4.79. The number of benzene rings is 1. The molecule has 1 aromatic carbocycles. The first-order valence-electron chi connectivity index (χ1n) is 5.80. The topological polar surface area (TPSA) is 33.2 Å². The number of anilines is 1. The molecule has 0 bridgehead atoms. The number of rotatable bonds is 3. The number of carbonyl (C=O) groups is 1. The van der Waals surface area contributed by atoms with Gasteiger partial charge < -0.3 is 4.90 Å². The third-order valence-corrected chi connectivity index (χ3v) is 3.19. The first-order chi connectivity index (χ1) is 9.13. The van der Waals surface area contributed by atoms with Gasteiger partial charge >= 0.3 is 0 Å². The Hall–Kier alpha value is -1.75. The van der Waals surface area contributed by atoms with Crippen LogP contribution in [0.5, 0.6) is 0 Å². The van der Waals surface area contributed by atoms with Crippen LogP contribution in [0.25, 0.3) is 0 Å². The number of pyridine rings is 1. The van der Waals surface area contributed by atoms with Crippen LogP contribution in [0, 0.1) is 5.82 Å². The second kappa shape index (κ2) is 5.93. The summed E-state index contributed by atoms with van der Waals surface area (Å²) in [5.41, 5.74) is 0.745. The fourth-order valence-electron chi connectivity index (χ4n) is 1.77. The average Bonchev–Trinajstić information content (AvgIpc) is 2.43. The lowest BCUT2D eigenvalue weighted by Gasteiger charge is -2.21. The number of carbonyl (C=O) groups excluding carboxylic acids is 1. The SMILES string of the molecule is CCN(C(=O)c1cc(Br)ccc1F)c1ccncc1. The molecule has 0 aliphatic heterocycles. The van der Waals surface area contributed by atoms with Crippen LogP contribution in [0.4, 0.5) is 10.1 Å². The van der Waals surface area contributed by atoms with Crippen molar-refractivity contribution in [3.63, 3.8) is 0 Å². The third-order valence-electron chi connectivity index (χ3n) is 2.69. The molecular weight excluding hydrogens is 311 g/mol. The monoisotopic (exact) mass is 322 g/mol. The summed E-state index contributed by atoms with van der Waals surface area (Å²) in [6.07, 6.45) is 3.20. The summed E-state index contributed by atoms with van der Waals surface area (Å²) in [6, 6.07) is 7.77. The van der Waals surface area contributed by atoms with E-state index in [-0.39, 0.29) is 11.5 Å². The molecule has 0 fully saturated rings. The number of aromatic nitrogens is 1. The van der Waals surface area contributed by atoms with Gasteiger partial charge in [0.2, 0.25) is 0 Å². The smallest absolute Gasteiger partial charge is 0.261 e. The maximum Gasteiger partial charge on any atom is 0.261 e. The Kier molecular flexibility index (Phi) is 4.27. The molecule has 98 valence electrons. The highest BCUT2D eigenvalue weighted by atomic mass is 79.9. The average molecular weight is 323 g/mol. The minimum Gasteiger partial charge on any atom is -0.308 e. The van der Waals surface area contributed by atoms with E-state index in [0.717, 1.165) is 0 Å². The number of nitrogens with zero attached hydrogens (tertiary/aromatic N) is 2. The molecule has 0 atom stereocenters. The molecule has 0 saturated heterocycles. The second-order valence-electron chi connectivity index (χ2n) is 3.88. The molecule has 0 radical (unpaired) electrons. The first-order valence-corrected chi connectivity index (χ1v) is 6.59. The fourth-order valence-corrected chi connectivity index (χ4v) is 2.14. The summed E-state index contributed by atoms with van der Waals surface area (Å²) in [7, 11) is 0. The Morgan fingerprint density at radius 2 is 2.00 bits per heavy atom. The zero-order valence-corrected chi connectivity index (χ0v) is 11.9. The summed E-state index contributed by atoms with van der Waals surface area (Å²) >= 11 is 3.24. The summed E-state index contributed by atoms with van der Waals surface area (Å²) in [6.45, 7) is 2.29. The van der Waals surface area contributed by atoms with E-state index in [1.807, 2.05) is 6.92 Å². The molecule has 0 saturated carbocycles. The van der Waals surface area contributed by atoms with Crippen LogP contribution in [0.2, 0.25) is 0 Å². The zero-order valence-electron chi connectivity index (χ0n) is 10.3. The van der Waals surface area contributed by atoms with Gasteiger partial charge in [0.15, 0.2) is 0 Å². The van der Waals surface area contributed by atoms with E-state index in [0.29, 0.717) is 16.7 Å². The molecule has 0 unspecified atom stereocenters. The molecule has 2 rings (SSSR count). The maximum absolute atomic E-state index is 13.8. The van der Waals surface area contributed by atoms with Crippen molar-refractivity contribution in [1.29, 1.82) is 0 Å². The van der Waals surface area contributed by atoms with Crippen LogP contribution < -0.4 is 4.90 Å². The highest BCUT2D eigenvalue weighted by Crippen LogP contribution is 2.20. The number of amides is 1. The summed E-state index contributed by atoms with van der Waals surface area (Å²) < 4.78 is 14.4. The summed E-state index contributed by atoms with van der Waals surface area (Å²) in [5, 5.41) is 0. The normalized spacial score (nSPS) is 10.3. The highest BCUT2D eigenvalue weighted by Gasteiger charge is 2.19. The Morgan fingerprint density at radius 3 is 2.63 bits per heavy atom. The van der Waals surface area contributed by atoms with Crippen LogP contribution in [0.15, 0.2) is 47.2 Å². The molecule has 19 heavy (non-hydrogen) atoms. The van der Waals surface area contributed by atoms with E-state index < -0.39 is 5.82 Å². The van der Waals surface area contributed by atoms with Gasteiger partial charge in [-0.15, -0.1) is 0 Å². The quantitative estimate of drug-likeness (QED) is 0.864. The molecule has 0 N–H and O–H groups in total. The molecule has 1 heterocycles. The van der Waals surface area contributed by atoms with Crippen molar-refractivity contribution in [2.45, 2.75) is 6.92 Å². The summed E-state index contributed by atoms with van der Waals surface area (Å²) in [4.78, 5) is 17.8. The molecule has 0 aliphatic rings. The van der Waals surface area contributed by atoms with Gasteiger partial charge in [0.25, 0.3) is 5.91 Å². The molecule has 0 spiro atoms. The largest absolute Gasteiger partial charge is 0.308 e. The Bertz CT molecular complexity index is 589. The van der Waals surface area contributed by atoms with Gasteiger partial charge in [-0.05, 0) is 37.3 Å². The predicted molar refractivity (Wildman–Crippen MR) is 75.7 cm³/mol. The maximum atomic E-state index is 13.8. The lowest BCUT2D eigenvalue weighted by Crippen LogP contribution is -2.31. The van der Waals surface area contributed by atoms with Crippen LogP contribution in [-0.2, 0) is 0 Å². The zero-order chi connectivity index (χ0) is 13.8. The third kappa shape index (κ3) is 2.98. The Labute approximate surface area is 119 Å². The lowest BCUT2D eigenvalue weighted by atomic mass is 10.1. The molecule has 3 nitrogen and oxygen atoms in total. The summed E-state index contributed by atoms with van der Waals surface area (Å²) in [5.74, 6) is -0.895. The van der Waals surface area contributed by atoms with Crippen LogP contribution in [-0.4, -0.2) is 17.4 Å². The van der Waals surface area contributed by atoms with Gasteiger partial charge in [-0.3, -0.25) is 9.78 Å². The van der Waals surface area contributed by atoms with E-state index in [9.17, 15) is 9.18 Å². The van der Waals surface area contributed by atoms with Crippen molar-refractivity contribution >= 4 is 27.5 Å². The van der Waals surface area contributed by atoms with E-state index >= 15 is 0 Å². The van der Waals surface area contributed by atoms with Gasteiger partial charge in [-0.1, -0.05) is 15.9 Å². The number of halogens is 2. The highest BCUT2D eigenvalue weighted by molar-refractivity contribution is 9.10. The standard InChI is InChI=1S/C14H12BrFN2O/c1-2-18(11-5-7-17-8-6-11)14(19)12-9-10(15)3-4-13(12)16/h3-9H,2H2,1H3. The Balaban J connectivity index is 2.39. The van der Waals surface area contributed by atoms with Crippen molar-refractivity contribution < 1.29 is 9.18 Å². The Morgan fingerprint density at radius 1 is 1.32 bits per heavy atom. The van der Waals surface area contributed by atoms with Crippen molar-refractivity contribution in [2.24, 2.45) is 0 Å². The number of hydrogen-bond donors (Lipinski definition) is 0. The van der Waals surface area contributed by atoms with Gasteiger partial charge in [-0.25, -0.2) is 4.39 Å². The van der Waals surface area contributed by atoms with Crippen molar-refractivity contribution in [3.8, 4) is 0 Å². The van der Waals surface area contributed by atoms with E-state index in [2.05, 4.69) is 20.9 Å². The number of hydrogen-bond acceptors (Lipinski definition) is 2. The van der Waals surface area contributed by atoms with E-state index in [4.69, 9.17) is 0 Å². The lowest BCUT2D eigenvalue weighted by molar-refractivity contribution is 0.0984. The van der Waals surface area contributed by atoms with Crippen LogP contribution >= 0.6 is 15.9 Å². The van der Waals surface area contributed by atoms with Gasteiger partial charge in [0, 0.05) is 29.1 Å². The van der Waals surface area contributed by atoms with Crippen LogP contribution in [0.1, 0.15) is 17.3 Å². The molecule has 5 heteroatoms. The minimum atomic E-state index is -0.527. The van der Waals surface area contributed by atoms with Crippen LogP contribution in [0.3, 0.4) is 0 Å². The van der Waals surface area contributed by atoms with Crippen molar-refractivity contribution in [1.82, 2.24) is 4.98 Å². The van der Waals surface area contributed by atoms with Gasteiger partial charge in [-0.2, -0.15) is 0 Å². The molecule has 0 aliphatic carbocycles. The fraction of sp³-hybridized carbons (Fsp3) is 0.143. The minimum absolute atomic E-state index is 0.0491. The van der Waals surface area contributed by atoms with Gasteiger partial charge in [0.1, 0.15) is 5.82 Å². The van der Waals surface area contributed by atoms with E-state index in [1.54, 1.807) is 30.6 Å². The molecule has 1 amide bonds. The first kappa shape index (κ1) is 13.7. The predicted octanol–water partition coefficient (Wildman–Crippen LogP) is 3.65. The molecule has 2 aromatic rings. The molecule has 1 aromatic heterocycles. The van der Waals surface area contributed by atoms with Crippen molar-refractivity contribution in [3.05, 3.63) is 58.6 Å². The van der Waals surface area contributed by atoms with Crippen molar-refractivity contribution in [2.75, 3.05) is 11.4 Å². The molecular formula is C14H12BrFN2O. The van der Waals surface area contributed by atoms with E-state index in [1.165, 1.54) is 17.0 Å². The van der Waals surface area contributed by atoms with Gasteiger partial charge in [0.05, 0.1) is 5.56 Å².